The van der Waals surface area contributed by atoms with Crippen molar-refractivity contribution in [3.8, 4) is 17.5 Å². The van der Waals surface area contributed by atoms with Crippen molar-refractivity contribution in [1.82, 2.24) is 4.57 Å². The fraction of sp³-hybridized carbons (Fsp3) is 0.143. The normalized spacial score (nSPS) is 10.9. The number of carbonyl (C=O) groups excluding carboxylic acids is 1. The van der Waals surface area contributed by atoms with E-state index in [0.717, 1.165) is 30.0 Å². The maximum absolute atomic E-state index is 12.4. The van der Waals surface area contributed by atoms with E-state index >= 15 is 0 Å². The molecule has 0 atom stereocenters. The highest BCUT2D eigenvalue weighted by Gasteiger charge is 2.34. The van der Waals surface area contributed by atoms with Crippen LogP contribution in [0.1, 0.15) is 16.1 Å². The molecule has 0 spiro atoms. The number of hydrogen-bond donors (Lipinski definition) is 1. The van der Waals surface area contributed by atoms with Crippen LogP contribution in [0.15, 0.2) is 24.4 Å². The van der Waals surface area contributed by atoms with Crippen LogP contribution in [0, 0.1) is 21.4 Å². The molecule has 0 saturated heterocycles. The Hall–Kier alpha value is -3.75. The molecule has 2 N–H and O–H groups in total. The first kappa shape index (κ1) is 18.6. The molecule has 136 valence electrons. The van der Waals surface area contributed by atoms with E-state index in [1.165, 1.54) is 0 Å². The van der Waals surface area contributed by atoms with Crippen molar-refractivity contribution in [1.29, 1.82) is 5.26 Å². The highest BCUT2D eigenvalue weighted by atomic mass is 19.4. The van der Waals surface area contributed by atoms with Gasteiger partial charge in [0.15, 0.2) is 5.69 Å². The minimum Gasteiger partial charge on any atom is -0.464 e. The van der Waals surface area contributed by atoms with E-state index in [0.29, 0.717) is 6.07 Å². The molecular weight excluding hydrogens is 361 g/mol. The van der Waals surface area contributed by atoms with Crippen LogP contribution in [0.2, 0.25) is 0 Å². The Bertz CT molecular complexity index is 930. The number of anilines is 1. The average Bonchev–Trinajstić information content (AvgIpc) is 2.89. The minimum absolute atomic E-state index is 0.0974. The lowest BCUT2D eigenvalue weighted by molar-refractivity contribution is -0.388. The smallest absolute Gasteiger partial charge is 0.464 e. The van der Waals surface area contributed by atoms with Crippen molar-refractivity contribution in [2.75, 3.05) is 12.8 Å². The highest BCUT2D eigenvalue weighted by Crippen LogP contribution is 2.35. The number of halogens is 3. The van der Waals surface area contributed by atoms with E-state index in [1.54, 1.807) is 6.07 Å². The number of nitro benzene ring substituents is 1. The Labute approximate surface area is 143 Å². The minimum atomic E-state index is -5.13. The third-order valence-electron chi connectivity index (χ3n) is 3.19. The molecular formula is C14H9F3N4O5. The Morgan fingerprint density at radius 1 is 1.42 bits per heavy atom. The lowest BCUT2D eigenvalue weighted by Crippen LogP contribution is -2.18. The van der Waals surface area contributed by atoms with Gasteiger partial charge in [-0.15, -0.1) is 13.2 Å². The van der Waals surface area contributed by atoms with Crippen LogP contribution in [0.3, 0.4) is 0 Å². The van der Waals surface area contributed by atoms with Gasteiger partial charge in [0, 0.05) is 12.3 Å². The number of nitrogens with two attached hydrogens (primary N) is 1. The Kier molecular flexibility index (Phi) is 4.74. The molecule has 12 heteroatoms. The second kappa shape index (κ2) is 6.63. The van der Waals surface area contributed by atoms with Crippen molar-refractivity contribution in [2.45, 2.75) is 6.36 Å². The molecule has 26 heavy (non-hydrogen) atoms. The molecule has 2 aromatic rings. The van der Waals surface area contributed by atoms with E-state index in [9.17, 15) is 28.1 Å². The summed E-state index contributed by atoms with van der Waals surface area (Å²) in [4.78, 5) is 21.9. The molecule has 0 radical (unpaired) electrons. The zero-order chi connectivity index (χ0) is 19.6. The van der Waals surface area contributed by atoms with Crippen molar-refractivity contribution in [3.05, 3.63) is 45.8 Å². The fourth-order valence-electron chi connectivity index (χ4n) is 2.13. The summed E-state index contributed by atoms with van der Waals surface area (Å²) in [5.41, 5.74) is 3.93. The lowest BCUT2D eigenvalue weighted by Gasteiger charge is -2.12. The van der Waals surface area contributed by atoms with Gasteiger partial charge in [0.05, 0.1) is 29.0 Å². The number of nitrogen functional groups attached to an aromatic ring is 1. The number of nitriles is 1. The number of carbonyl (C=O) groups is 1. The van der Waals surface area contributed by atoms with Gasteiger partial charge in [-0.1, -0.05) is 0 Å². The van der Waals surface area contributed by atoms with Crippen LogP contribution in [0.25, 0.3) is 5.69 Å². The van der Waals surface area contributed by atoms with Crippen LogP contribution in [-0.2, 0) is 4.74 Å². The number of benzene rings is 1. The van der Waals surface area contributed by atoms with E-state index in [2.05, 4.69) is 9.47 Å². The summed E-state index contributed by atoms with van der Waals surface area (Å²) in [6, 6.07) is 4.21. The standard InChI is InChI=1S/C14H9F3N4O5/c1-25-13(22)12-11(19)7(5-18)6-20(12)8-2-3-10(26-14(15,16)17)9(4-8)21(23)24/h2-4,6H,19H2,1H3. The number of rotatable bonds is 4. The van der Waals surface area contributed by atoms with Gasteiger partial charge in [0.1, 0.15) is 6.07 Å². The Balaban J connectivity index is 2.67. The van der Waals surface area contributed by atoms with Crippen molar-refractivity contribution < 1.29 is 32.4 Å². The molecule has 0 aliphatic rings. The van der Waals surface area contributed by atoms with Crippen LogP contribution in [0.5, 0.6) is 5.75 Å². The maximum Gasteiger partial charge on any atom is 0.573 e. The topological polar surface area (TPSA) is 133 Å². The number of alkyl halides is 3. The quantitative estimate of drug-likeness (QED) is 0.496. The molecule has 1 aromatic carbocycles. The molecule has 0 saturated carbocycles. The largest absolute Gasteiger partial charge is 0.573 e. The number of esters is 1. The zero-order valence-electron chi connectivity index (χ0n) is 12.9. The van der Waals surface area contributed by atoms with Crippen molar-refractivity contribution in [3.63, 3.8) is 0 Å². The van der Waals surface area contributed by atoms with Crippen molar-refractivity contribution >= 4 is 17.3 Å². The molecule has 1 aromatic heterocycles. The SMILES string of the molecule is COC(=O)c1c(N)c(C#N)cn1-c1ccc(OC(F)(F)F)c([N+](=O)[O-])c1. The molecule has 0 aliphatic carbocycles. The van der Waals surface area contributed by atoms with Gasteiger partial charge >= 0.3 is 18.0 Å². The summed E-state index contributed by atoms with van der Waals surface area (Å²) >= 11 is 0. The molecule has 1 heterocycles. The molecule has 0 aliphatic heterocycles. The third kappa shape index (κ3) is 3.51. The second-order valence-electron chi connectivity index (χ2n) is 4.74. The third-order valence-corrected chi connectivity index (χ3v) is 3.19. The monoisotopic (exact) mass is 370 g/mol. The number of methoxy groups -OCH3 is 1. The summed E-state index contributed by atoms with van der Waals surface area (Å²) in [5, 5.41) is 20.1. The summed E-state index contributed by atoms with van der Waals surface area (Å²) in [6.45, 7) is 0. The first-order valence-electron chi connectivity index (χ1n) is 6.62. The zero-order valence-corrected chi connectivity index (χ0v) is 12.9. The van der Waals surface area contributed by atoms with Gasteiger partial charge in [-0.3, -0.25) is 10.1 Å². The van der Waals surface area contributed by atoms with E-state index in [1.807, 2.05) is 0 Å². The summed E-state index contributed by atoms with van der Waals surface area (Å²) < 4.78 is 46.3. The Morgan fingerprint density at radius 2 is 2.08 bits per heavy atom. The summed E-state index contributed by atoms with van der Waals surface area (Å²) in [5.74, 6) is -1.98. The maximum atomic E-state index is 12.4. The lowest BCUT2D eigenvalue weighted by atomic mass is 10.2. The predicted octanol–water partition coefficient (Wildman–Crippen LogP) is 2.52. The van der Waals surface area contributed by atoms with Crippen LogP contribution in [-0.4, -0.2) is 28.9 Å². The van der Waals surface area contributed by atoms with E-state index in [4.69, 9.17) is 11.0 Å². The van der Waals surface area contributed by atoms with Gasteiger partial charge in [-0.05, 0) is 12.1 Å². The van der Waals surface area contributed by atoms with Gasteiger partial charge in [0.2, 0.25) is 5.75 Å². The Morgan fingerprint density at radius 3 is 2.58 bits per heavy atom. The molecule has 0 bridgehead atoms. The van der Waals surface area contributed by atoms with E-state index in [-0.39, 0.29) is 22.6 Å². The number of nitrogens with zero attached hydrogens (tertiary/aromatic N) is 3. The summed E-state index contributed by atoms with van der Waals surface area (Å²) in [6.07, 6.45) is -4.03. The van der Waals surface area contributed by atoms with Gasteiger partial charge < -0.3 is 19.8 Å². The van der Waals surface area contributed by atoms with Crippen LogP contribution in [0.4, 0.5) is 24.5 Å². The fourth-order valence-corrected chi connectivity index (χ4v) is 2.13. The number of ether oxygens (including phenoxy) is 2. The van der Waals surface area contributed by atoms with Gasteiger partial charge in [-0.25, -0.2) is 4.79 Å². The molecule has 9 nitrogen and oxygen atoms in total. The van der Waals surface area contributed by atoms with Crippen LogP contribution >= 0.6 is 0 Å². The van der Waals surface area contributed by atoms with Gasteiger partial charge in [-0.2, -0.15) is 5.26 Å². The second-order valence-corrected chi connectivity index (χ2v) is 4.74. The number of nitro groups is 1. The predicted molar refractivity (Wildman–Crippen MR) is 79.6 cm³/mol. The molecule has 0 unspecified atom stereocenters. The van der Waals surface area contributed by atoms with Crippen LogP contribution < -0.4 is 10.5 Å². The summed E-state index contributed by atoms with van der Waals surface area (Å²) in [7, 11) is 1.05. The highest BCUT2D eigenvalue weighted by molar-refractivity contribution is 5.96. The molecule has 0 fully saturated rings. The molecule has 0 amide bonds. The first-order chi connectivity index (χ1) is 12.1. The van der Waals surface area contributed by atoms with Gasteiger partial charge in [0.25, 0.3) is 0 Å². The number of hydrogen-bond acceptors (Lipinski definition) is 7. The average molecular weight is 370 g/mol. The first-order valence-corrected chi connectivity index (χ1v) is 6.62. The molecule has 2 rings (SSSR count). The number of aromatic nitrogens is 1. The van der Waals surface area contributed by atoms with E-state index < -0.39 is 28.7 Å². The van der Waals surface area contributed by atoms with Crippen molar-refractivity contribution in [2.24, 2.45) is 0 Å².